The predicted octanol–water partition coefficient (Wildman–Crippen LogP) is 1.69. The van der Waals surface area contributed by atoms with Crippen LogP contribution in [0.25, 0.3) is 6.08 Å². The van der Waals surface area contributed by atoms with Crippen LogP contribution in [0.2, 0.25) is 0 Å². The second-order valence-electron chi connectivity index (χ2n) is 6.02. The van der Waals surface area contributed by atoms with E-state index >= 15 is 0 Å². The third kappa shape index (κ3) is 6.38. The van der Waals surface area contributed by atoms with Gasteiger partial charge in [-0.3, -0.25) is 9.78 Å². The minimum absolute atomic E-state index is 0.00169. The molecule has 0 aliphatic heterocycles. The highest BCUT2D eigenvalue weighted by atomic mass is 32.2. The Hall–Kier alpha value is -2.75. The van der Waals surface area contributed by atoms with E-state index in [1.165, 1.54) is 26.3 Å². The van der Waals surface area contributed by atoms with Crippen molar-refractivity contribution in [3.05, 3.63) is 59.9 Å². The fraction of sp³-hybridized carbons (Fsp3) is 0.300. The van der Waals surface area contributed by atoms with Crippen LogP contribution in [0.4, 0.5) is 0 Å². The van der Waals surface area contributed by atoms with Gasteiger partial charge in [0.25, 0.3) is 0 Å². The molecule has 156 valence electrons. The first kappa shape index (κ1) is 22.5. The molecule has 0 fully saturated rings. The molecule has 0 radical (unpaired) electrons. The van der Waals surface area contributed by atoms with Gasteiger partial charge in [-0.15, -0.1) is 0 Å². The number of benzene rings is 1. The monoisotopic (exact) mass is 419 g/mol. The normalized spacial score (nSPS) is 11.6. The van der Waals surface area contributed by atoms with Crippen LogP contribution in [0.15, 0.2) is 53.6 Å². The van der Waals surface area contributed by atoms with Gasteiger partial charge in [0.05, 0.1) is 26.0 Å². The summed E-state index contributed by atoms with van der Waals surface area (Å²) in [5.41, 5.74) is 1.31. The molecule has 0 saturated carbocycles. The Morgan fingerprint density at radius 1 is 1.24 bits per heavy atom. The van der Waals surface area contributed by atoms with Crippen molar-refractivity contribution in [2.45, 2.75) is 11.4 Å². The first-order chi connectivity index (χ1) is 13.9. The molecule has 1 amide bonds. The molecule has 0 aliphatic rings. The van der Waals surface area contributed by atoms with Crippen molar-refractivity contribution in [3.63, 3.8) is 0 Å². The Morgan fingerprint density at radius 3 is 2.66 bits per heavy atom. The molecule has 0 atom stereocenters. The summed E-state index contributed by atoms with van der Waals surface area (Å²) in [4.78, 5) is 18.5. The molecule has 1 aromatic carbocycles. The minimum atomic E-state index is -3.70. The van der Waals surface area contributed by atoms with E-state index in [-0.39, 0.29) is 16.6 Å². The number of aromatic nitrogens is 1. The molecular weight excluding hydrogens is 394 g/mol. The SMILES string of the molecule is CNS(=O)(=O)c1cc(/C=C/C(=O)N(CCOC)Cc2ccccn2)ccc1OC. The Labute approximate surface area is 171 Å². The van der Waals surface area contributed by atoms with Gasteiger partial charge in [0.15, 0.2) is 0 Å². The first-order valence-electron chi connectivity index (χ1n) is 8.88. The number of amides is 1. The second kappa shape index (κ2) is 10.7. The number of hydrogen-bond donors (Lipinski definition) is 1. The molecule has 0 saturated heterocycles. The van der Waals surface area contributed by atoms with Crippen LogP contribution >= 0.6 is 0 Å². The lowest BCUT2D eigenvalue weighted by atomic mass is 10.2. The van der Waals surface area contributed by atoms with E-state index in [1.807, 2.05) is 18.2 Å². The standard InChI is InChI=1S/C20H25N3O5S/c1-21-29(25,26)19-14-16(7-9-18(19)28-3)8-10-20(24)23(12-13-27-2)15-17-6-4-5-11-22-17/h4-11,14,21H,12-13,15H2,1-3H3/b10-8+. The van der Waals surface area contributed by atoms with Crippen molar-refractivity contribution in [3.8, 4) is 5.75 Å². The van der Waals surface area contributed by atoms with Gasteiger partial charge >= 0.3 is 0 Å². The van der Waals surface area contributed by atoms with E-state index in [1.54, 1.807) is 36.4 Å². The summed E-state index contributed by atoms with van der Waals surface area (Å²) in [6.45, 7) is 1.13. The highest BCUT2D eigenvalue weighted by Crippen LogP contribution is 2.25. The van der Waals surface area contributed by atoms with Crippen LogP contribution in [-0.4, -0.2) is 58.6 Å². The average molecular weight is 420 g/mol. The van der Waals surface area contributed by atoms with Gasteiger partial charge in [0.2, 0.25) is 15.9 Å². The molecule has 2 aromatic rings. The van der Waals surface area contributed by atoms with Crippen molar-refractivity contribution in [1.29, 1.82) is 0 Å². The van der Waals surface area contributed by atoms with E-state index in [4.69, 9.17) is 9.47 Å². The summed E-state index contributed by atoms with van der Waals surface area (Å²) in [6.07, 6.45) is 4.64. The summed E-state index contributed by atoms with van der Waals surface area (Å²) in [6, 6.07) is 10.2. The van der Waals surface area contributed by atoms with Gasteiger partial charge in [-0.1, -0.05) is 12.1 Å². The molecule has 0 aliphatic carbocycles. The maximum atomic E-state index is 12.7. The van der Waals surface area contributed by atoms with Gasteiger partial charge in [0.1, 0.15) is 10.6 Å². The minimum Gasteiger partial charge on any atom is -0.495 e. The van der Waals surface area contributed by atoms with Gasteiger partial charge in [-0.2, -0.15) is 0 Å². The van der Waals surface area contributed by atoms with Crippen LogP contribution < -0.4 is 9.46 Å². The molecule has 29 heavy (non-hydrogen) atoms. The fourth-order valence-electron chi connectivity index (χ4n) is 2.55. The first-order valence-corrected chi connectivity index (χ1v) is 10.4. The zero-order valence-corrected chi connectivity index (χ0v) is 17.5. The Bertz CT molecular complexity index is 946. The van der Waals surface area contributed by atoms with Crippen molar-refractivity contribution >= 4 is 22.0 Å². The smallest absolute Gasteiger partial charge is 0.247 e. The number of pyridine rings is 1. The third-order valence-corrected chi connectivity index (χ3v) is 5.56. The number of nitrogens with one attached hydrogen (secondary N) is 1. The molecular formula is C20H25N3O5S. The summed E-state index contributed by atoms with van der Waals surface area (Å²) in [5, 5.41) is 0. The molecule has 8 nitrogen and oxygen atoms in total. The molecule has 0 unspecified atom stereocenters. The van der Waals surface area contributed by atoms with E-state index in [2.05, 4.69) is 9.71 Å². The number of sulfonamides is 1. The van der Waals surface area contributed by atoms with E-state index in [0.29, 0.717) is 25.3 Å². The number of methoxy groups -OCH3 is 2. The van der Waals surface area contributed by atoms with Gasteiger partial charge in [0, 0.05) is 25.9 Å². The zero-order chi connectivity index (χ0) is 21.3. The number of carbonyl (C=O) groups is 1. The second-order valence-corrected chi connectivity index (χ2v) is 7.88. The summed E-state index contributed by atoms with van der Waals surface area (Å²) < 4.78 is 36.9. The lowest BCUT2D eigenvalue weighted by Crippen LogP contribution is -2.32. The Kier molecular flexibility index (Phi) is 8.32. The largest absolute Gasteiger partial charge is 0.495 e. The molecule has 0 bridgehead atoms. The van der Waals surface area contributed by atoms with Crippen LogP contribution in [0.3, 0.4) is 0 Å². The number of nitrogens with zero attached hydrogens (tertiary/aromatic N) is 2. The van der Waals surface area contributed by atoms with Crippen LogP contribution in [0.5, 0.6) is 5.75 Å². The van der Waals surface area contributed by atoms with E-state index in [9.17, 15) is 13.2 Å². The molecule has 9 heteroatoms. The topological polar surface area (TPSA) is 97.8 Å². The van der Waals surface area contributed by atoms with Crippen molar-refractivity contribution in [2.24, 2.45) is 0 Å². The lowest BCUT2D eigenvalue weighted by molar-refractivity contribution is -0.127. The third-order valence-electron chi connectivity index (χ3n) is 4.12. The number of rotatable bonds is 10. The van der Waals surface area contributed by atoms with Crippen molar-refractivity contribution in [2.75, 3.05) is 34.4 Å². The lowest BCUT2D eigenvalue weighted by Gasteiger charge is -2.20. The van der Waals surface area contributed by atoms with E-state index < -0.39 is 10.0 Å². The Balaban J connectivity index is 2.23. The summed E-state index contributed by atoms with van der Waals surface area (Å²) in [5.74, 6) is -0.0127. The number of hydrogen-bond acceptors (Lipinski definition) is 6. The number of ether oxygens (including phenoxy) is 2. The fourth-order valence-corrected chi connectivity index (χ4v) is 3.47. The summed E-state index contributed by atoms with van der Waals surface area (Å²) >= 11 is 0. The molecule has 1 heterocycles. The molecule has 0 spiro atoms. The number of carbonyl (C=O) groups excluding carboxylic acids is 1. The zero-order valence-electron chi connectivity index (χ0n) is 16.7. The van der Waals surface area contributed by atoms with Crippen molar-refractivity contribution in [1.82, 2.24) is 14.6 Å². The summed E-state index contributed by atoms with van der Waals surface area (Å²) in [7, 11) is 0.592. The highest BCUT2D eigenvalue weighted by Gasteiger charge is 2.18. The van der Waals surface area contributed by atoms with Gasteiger partial charge in [-0.25, -0.2) is 13.1 Å². The maximum Gasteiger partial charge on any atom is 0.247 e. The van der Waals surface area contributed by atoms with Crippen LogP contribution in [0, 0.1) is 0 Å². The van der Waals surface area contributed by atoms with Crippen LogP contribution in [-0.2, 0) is 26.1 Å². The predicted molar refractivity (Wildman–Crippen MR) is 110 cm³/mol. The van der Waals surface area contributed by atoms with Crippen molar-refractivity contribution < 1.29 is 22.7 Å². The highest BCUT2D eigenvalue weighted by molar-refractivity contribution is 7.89. The molecule has 2 rings (SSSR count). The van der Waals surface area contributed by atoms with Gasteiger partial charge in [-0.05, 0) is 43.0 Å². The van der Waals surface area contributed by atoms with E-state index in [0.717, 1.165) is 5.69 Å². The molecule has 1 aromatic heterocycles. The maximum absolute atomic E-state index is 12.7. The van der Waals surface area contributed by atoms with Crippen LogP contribution in [0.1, 0.15) is 11.3 Å². The Morgan fingerprint density at radius 2 is 2.03 bits per heavy atom. The average Bonchev–Trinajstić information content (AvgIpc) is 2.75. The molecule has 1 N–H and O–H groups in total. The van der Waals surface area contributed by atoms with Gasteiger partial charge < -0.3 is 14.4 Å². The quantitative estimate of drug-likeness (QED) is 0.589.